The molecule has 36 heavy (non-hydrogen) atoms. The van der Waals surface area contributed by atoms with Gasteiger partial charge in [-0.3, -0.25) is 9.59 Å². The van der Waals surface area contributed by atoms with Gasteiger partial charge in [-0.1, -0.05) is 71.0 Å². The Morgan fingerprint density at radius 3 is 2.17 bits per heavy atom. The van der Waals surface area contributed by atoms with Crippen molar-refractivity contribution in [1.82, 2.24) is 15.5 Å². The van der Waals surface area contributed by atoms with Gasteiger partial charge in [0.1, 0.15) is 11.6 Å². The van der Waals surface area contributed by atoms with Crippen LogP contribution in [0.4, 0.5) is 0 Å². The number of amides is 2. The second-order valence-corrected chi connectivity index (χ2v) is 11.2. The molecule has 0 aromatic heterocycles. The summed E-state index contributed by atoms with van der Waals surface area (Å²) < 4.78 is 5.12. The maximum absolute atomic E-state index is 14.0. The first kappa shape index (κ1) is 29.6. The Labute approximate surface area is 217 Å². The predicted molar refractivity (Wildman–Crippen MR) is 143 cm³/mol. The molecule has 0 bridgehead atoms. The van der Waals surface area contributed by atoms with Crippen molar-refractivity contribution in [2.24, 2.45) is 17.3 Å². The van der Waals surface area contributed by atoms with E-state index in [1.807, 2.05) is 72.0 Å². The summed E-state index contributed by atoms with van der Waals surface area (Å²) in [4.78, 5) is 41.8. The maximum Gasteiger partial charge on any atom is 0.333 e. The van der Waals surface area contributed by atoms with Crippen molar-refractivity contribution in [2.45, 2.75) is 78.9 Å². The third kappa shape index (κ3) is 6.55. The lowest BCUT2D eigenvalue weighted by atomic mass is 9.81. The molecule has 7 nitrogen and oxygen atoms in total. The fourth-order valence-corrected chi connectivity index (χ4v) is 4.80. The van der Waals surface area contributed by atoms with E-state index < -0.39 is 23.0 Å². The van der Waals surface area contributed by atoms with Crippen LogP contribution in [0.2, 0.25) is 0 Å². The van der Waals surface area contributed by atoms with Gasteiger partial charge in [0.05, 0.1) is 12.6 Å². The molecule has 0 aliphatic heterocycles. The molecule has 0 radical (unpaired) electrons. The Morgan fingerprint density at radius 2 is 1.72 bits per heavy atom. The summed E-state index contributed by atoms with van der Waals surface area (Å²) in [7, 11) is 3.54. The number of nitrogens with one attached hydrogen (secondary N) is 2. The van der Waals surface area contributed by atoms with Gasteiger partial charge in [-0.05, 0) is 56.6 Å². The summed E-state index contributed by atoms with van der Waals surface area (Å²) in [6.07, 6.45) is 3.68. The number of nitrogens with zero attached hydrogens (tertiary/aromatic N) is 1. The number of rotatable bonds is 11. The zero-order valence-electron chi connectivity index (χ0n) is 23.5. The molecule has 1 aliphatic rings. The van der Waals surface area contributed by atoms with Crippen molar-refractivity contribution in [3.63, 3.8) is 0 Å². The Balaban J connectivity index is 2.40. The quantitative estimate of drug-likeness (QED) is 0.355. The van der Waals surface area contributed by atoms with Crippen LogP contribution in [0.3, 0.4) is 0 Å². The normalized spacial score (nSPS) is 17.7. The van der Waals surface area contributed by atoms with E-state index in [9.17, 15) is 14.4 Å². The number of benzene rings is 1. The fourth-order valence-electron chi connectivity index (χ4n) is 4.80. The molecule has 7 heteroatoms. The SMILES string of the molecule is CCOC(=O)/C(C)=C/[C@H](C(C)C)N(C)C(=O)C(NC(=O)[C@@](NC)(c1ccccc1)C1CC1)C(C)(C)C. The van der Waals surface area contributed by atoms with Crippen LogP contribution in [0.15, 0.2) is 42.0 Å². The van der Waals surface area contributed by atoms with Crippen LogP contribution < -0.4 is 10.6 Å². The first-order valence-electron chi connectivity index (χ1n) is 13.0. The topological polar surface area (TPSA) is 87.7 Å². The van der Waals surface area contributed by atoms with Crippen LogP contribution in [-0.2, 0) is 24.7 Å². The molecule has 2 N–H and O–H groups in total. The summed E-state index contributed by atoms with van der Waals surface area (Å²) in [6, 6.07) is 8.63. The molecule has 1 aromatic carbocycles. The van der Waals surface area contributed by atoms with Gasteiger partial charge in [-0.25, -0.2) is 4.79 Å². The van der Waals surface area contributed by atoms with E-state index in [0.29, 0.717) is 12.2 Å². The van der Waals surface area contributed by atoms with E-state index in [-0.39, 0.29) is 29.7 Å². The highest BCUT2D eigenvalue weighted by Crippen LogP contribution is 2.46. The molecule has 1 aromatic rings. The molecule has 2 amide bonds. The highest BCUT2D eigenvalue weighted by Gasteiger charge is 2.52. The Bertz CT molecular complexity index is 947. The smallest absolute Gasteiger partial charge is 0.333 e. The molecule has 1 fully saturated rings. The molecule has 0 heterocycles. The van der Waals surface area contributed by atoms with Gasteiger partial charge in [0.2, 0.25) is 11.8 Å². The van der Waals surface area contributed by atoms with E-state index in [1.54, 1.807) is 31.9 Å². The third-order valence-electron chi connectivity index (χ3n) is 7.06. The largest absolute Gasteiger partial charge is 0.463 e. The fraction of sp³-hybridized carbons (Fsp3) is 0.621. The van der Waals surface area contributed by atoms with E-state index in [4.69, 9.17) is 4.74 Å². The van der Waals surface area contributed by atoms with Crippen molar-refractivity contribution in [1.29, 1.82) is 0 Å². The number of esters is 1. The van der Waals surface area contributed by atoms with Gasteiger partial charge < -0.3 is 20.3 Å². The van der Waals surface area contributed by atoms with Gasteiger partial charge in [-0.2, -0.15) is 0 Å². The second-order valence-electron chi connectivity index (χ2n) is 11.2. The van der Waals surface area contributed by atoms with Crippen LogP contribution in [0.25, 0.3) is 0 Å². The van der Waals surface area contributed by atoms with Crippen LogP contribution in [0.5, 0.6) is 0 Å². The number of carbonyl (C=O) groups excluding carboxylic acids is 3. The van der Waals surface area contributed by atoms with Gasteiger partial charge in [0.25, 0.3) is 0 Å². The Hall–Kier alpha value is -2.67. The van der Waals surface area contributed by atoms with Crippen LogP contribution in [-0.4, -0.2) is 55.5 Å². The zero-order chi connectivity index (χ0) is 27.3. The average molecular weight is 500 g/mol. The van der Waals surface area contributed by atoms with Crippen molar-refractivity contribution in [3.05, 3.63) is 47.5 Å². The molecular weight excluding hydrogens is 454 g/mol. The molecule has 1 aliphatic carbocycles. The molecule has 0 spiro atoms. The minimum absolute atomic E-state index is 0.0480. The number of ether oxygens (including phenoxy) is 1. The summed E-state index contributed by atoms with van der Waals surface area (Å²) in [6.45, 7) is 13.6. The monoisotopic (exact) mass is 499 g/mol. The minimum atomic E-state index is -0.901. The van der Waals surface area contributed by atoms with Crippen molar-refractivity contribution in [3.8, 4) is 0 Å². The summed E-state index contributed by atoms with van der Waals surface area (Å²) in [5, 5.41) is 6.45. The maximum atomic E-state index is 14.0. The highest BCUT2D eigenvalue weighted by molar-refractivity contribution is 5.94. The lowest BCUT2D eigenvalue weighted by Crippen LogP contribution is -2.62. The van der Waals surface area contributed by atoms with Crippen LogP contribution in [0, 0.1) is 17.3 Å². The molecule has 1 saturated carbocycles. The van der Waals surface area contributed by atoms with Crippen molar-refractivity contribution < 1.29 is 19.1 Å². The van der Waals surface area contributed by atoms with Crippen molar-refractivity contribution in [2.75, 3.05) is 20.7 Å². The lowest BCUT2D eigenvalue weighted by molar-refractivity contribution is -0.142. The minimum Gasteiger partial charge on any atom is -0.463 e. The lowest BCUT2D eigenvalue weighted by Gasteiger charge is -2.40. The number of hydrogen-bond donors (Lipinski definition) is 2. The number of carbonyl (C=O) groups is 3. The van der Waals surface area contributed by atoms with Crippen LogP contribution in [0.1, 0.15) is 66.9 Å². The average Bonchev–Trinajstić information content (AvgIpc) is 3.66. The van der Waals surface area contributed by atoms with E-state index >= 15 is 0 Å². The van der Waals surface area contributed by atoms with Gasteiger partial charge in [0.15, 0.2) is 0 Å². The molecule has 1 unspecified atom stereocenters. The standard InChI is InChI=1S/C29H45N3O4/c1-10-36-26(34)20(4)18-23(19(2)3)32(9)25(33)24(28(5,6)7)31-27(35)29(30-8,22-16-17-22)21-14-12-11-13-15-21/h11-15,18-19,22-24,30H,10,16-17H2,1-9H3,(H,31,35)/b20-18+/t23-,24?,29-/m1/s1. The van der Waals surface area contributed by atoms with Gasteiger partial charge >= 0.3 is 5.97 Å². The Morgan fingerprint density at radius 1 is 1.14 bits per heavy atom. The van der Waals surface area contributed by atoms with Gasteiger partial charge in [-0.15, -0.1) is 0 Å². The first-order valence-corrected chi connectivity index (χ1v) is 13.0. The van der Waals surface area contributed by atoms with E-state index in [2.05, 4.69) is 10.6 Å². The molecule has 2 rings (SSSR count). The summed E-state index contributed by atoms with van der Waals surface area (Å²) in [5.41, 5.74) is -0.0866. The number of likely N-dealkylation sites (N-methyl/N-ethyl adjacent to an activating group) is 2. The third-order valence-corrected chi connectivity index (χ3v) is 7.06. The van der Waals surface area contributed by atoms with E-state index in [0.717, 1.165) is 18.4 Å². The second kappa shape index (κ2) is 12.0. The Kier molecular flexibility index (Phi) is 9.89. The molecule has 0 saturated heterocycles. The zero-order valence-corrected chi connectivity index (χ0v) is 23.5. The van der Waals surface area contributed by atoms with E-state index in [1.165, 1.54) is 0 Å². The summed E-state index contributed by atoms with van der Waals surface area (Å²) in [5.74, 6) is -0.574. The number of hydrogen-bond acceptors (Lipinski definition) is 5. The molecule has 3 atom stereocenters. The highest BCUT2D eigenvalue weighted by atomic mass is 16.5. The van der Waals surface area contributed by atoms with Crippen molar-refractivity contribution >= 4 is 17.8 Å². The molecular formula is C29H45N3O4. The van der Waals surface area contributed by atoms with Crippen LogP contribution >= 0.6 is 0 Å². The first-order chi connectivity index (χ1) is 16.8. The summed E-state index contributed by atoms with van der Waals surface area (Å²) >= 11 is 0. The van der Waals surface area contributed by atoms with Gasteiger partial charge in [0, 0.05) is 12.6 Å². The molecule has 200 valence electrons. The predicted octanol–water partition coefficient (Wildman–Crippen LogP) is 4.03.